The van der Waals surface area contributed by atoms with Crippen molar-refractivity contribution in [2.75, 3.05) is 7.11 Å². The fourth-order valence-corrected chi connectivity index (χ4v) is 1.41. The number of benzene rings is 1. The Kier molecular flexibility index (Phi) is 3.07. The summed E-state index contributed by atoms with van der Waals surface area (Å²) in [4.78, 5) is 4.29. The summed E-state index contributed by atoms with van der Waals surface area (Å²) in [6.45, 7) is 0.274. The molecule has 1 aromatic carbocycles. The molecular weight excluding hydrogens is 204 g/mol. The second-order valence-corrected chi connectivity index (χ2v) is 3.16. The second kappa shape index (κ2) is 4.67. The van der Waals surface area contributed by atoms with Crippen LogP contribution < -0.4 is 10.5 Å². The Morgan fingerprint density at radius 1 is 1.31 bits per heavy atom. The number of methoxy groups -OCH3 is 1. The molecule has 0 saturated heterocycles. The Morgan fingerprint density at radius 2 is 2.12 bits per heavy atom. The van der Waals surface area contributed by atoms with Crippen LogP contribution in [0.2, 0.25) is 0 Å². The van der Waals surface area contributed by atoms with Gasteiger partial charge in [0.15, 0.2) is 5.82 Å². The van der Waals surface area contributed by atoms with Gasteiger partial charge in [0.2, 0.25) is 0 Å². The normalized spacial score (nSPS) is 10.1. The molecule has 0 bridgehead atoms. The first kappa shape index (κ1) is 10.5. The Labute approximate surface area is 93.3 Å². The third kappa shape index (κ3) is 1.99. The smallest absolute Gasteiger partial charge is 0.165 e. The predicted octanol–water partition coefficient (Wildman–Crippen LogP) is 1.01. The number of nitrogens with zero attached hydrogens (tertiary/aromatic N) is 3. The van der Waals surface area contributed by atoms with Gasteiger partial charge in [0, 0.05) is 5.56 Å². The minimum atomic E-state index is 0.274. The van der Waals surface area contributed by atoms with Crippen LogP contribution in [0, 0.1) is 0 Å². The van der Waals surface area contributed by atoms with E-state index in [4.69, 9.17) is 10.5 Å². The fourth-order valence-electron chi connectivity index (χ4n) is 1.41. The number of para-hydroxylation sites is 1. The van der Waals surface area contributed by atoms with Crippen molar-refractivity contribution in [2.45, 2.75) is 6.54 Å². The van der Waals surface area contributed by atoms with Gasteiger partial charge in [0.1, 0.15) is 5.75 Å². The summed E-state index contributed by atoms with van der Waals surface area (Å²) in [5.41, 5.74) is 7.07. The summed E-state index contributed by atoms with van der Waals surface area (Å²) in [7, 11) is 1.62. The molecule has 2 aromatic rings. The molecule has 2 rings (SSSR count). The minimum Gasteiger partial charge on any atom is -0.496 e. The molecule has 0 atom stereocenters. The Hall–Kier alpha value is -2.01. The highest BCUT2D eigenvalue weighted by Crippen LogP contribution is 2.27. The minimum absolute atomic E-state index is 0.274. The van der Waals surface area contributed by atoms with E-state index < -0.39 is 0 Å². The second-order valence-electron chi connectivity index (χ2n) is 3.16. The molecule has 82 valence electrons. The van der Waals surface area contributed by atoms with Crippen molar-refractivity contribution < 1.29 is 4.74 Å². The largest absolute Gasteiger partial charge is 0.496 e. The van der Waals surface area contributed by atoms with Crippen molar-refractivity contribution in [3.8, 4) is 17.0 Å². The maximum atomic E-state index is 5.47. The third-order valence-electron chi connectivity index (χ3n) is 2.17. The molecule has 5 nitrogen and oxygen atoms in total. The van der Waals surface area contributed by atoms with E-state index in [1.165, 1.54) is 0 Å². The van der Waals surface area contributed by atoms with E-state index in [0.717, 1.165) is 11.3 Å². The summed E-state index contributed by atoms with van der Waals surface area (Å²) in [5.74, 6) is 1.27. The van der Waals surface area contributed by atoms with Crippen molar-refractivity contribution in [3.05, 3.63) is 36.3 Å². The van der Waals surface area contributed by atoms with Gasteiger partial charge in [-0.15, -0.1) is 5.10 Å². The summed E-state index contributed by atoms with van der Waals surface area (Å²) < 4.78 is 5.25. The standard InChI is InChI=1S/C11H12N4O/c1-16-10-5-3-2-4-8(10)9-7-13-15-11(6-12)14-9/h2-5,7H,6,12H2,1H3. The number of nitrogens with two attached hydrogens (primary N) is 1. The summed E-state index contributed by atoms with van der Waals surface area (Å²) in [6, 6.07) is 7.62. The summed E-state index contributed by atoms with van der Waals surface area (Å²) in [5, 5.41) is 7.67. The molecular formula is C11H12N4O. The van der Waals surface area contributed by atoms with E-state index in [1.54, 1.807) is 13.3 Å². The average Bonchev–Trinajstić information content (AvgIpc) is 2.38. The molecule has 1 aromatic heterocycles. The predicted molar refractivity (Wildman–Crippen MR) is 59.7 cm³/mol. The molecule has 0 saturated carbocycles. The molecule has 1 heterocycles. The maximum Gasteiger partial charge on any atom is 0.165 e. The van der Waals surface area contributed by atoms with Gasteiger partial charge in [-0.05, 0) is 12.1 Å². The third-order valence-corrected chi connectivity index (χ3v) is 2.17. The Bertz CT molecular complexity index is 487. The highest BCUT2D eigenvalue weighted by atomic mass is 16.5. The molecule has 0 unspecified atom stereocenters. The number of hydrogen-bond acceptors (Lipinski definition) is 5. The lowest BCUT2D eigenvalue weighted by Crippen LogP contribution is -2.05. The molecule has 0 radical (unpaired) electrons. The van der Waals surface area contributed by atoms with Crippen LogP contribution in [0.5, 0.6) is 5.75 Å². The molecule has 5 heteroatoms. The molecule has 0 aliphatic carbocycles. The monoisotopic (exact) mass is 216 g/mol. The highest BCUT2D eigenvalue weighted by molar-refractivity contribution is 5.66. The number of aromatic nitrogens is 3. The van der Waals surface area contributed by atoms with Gasteiger partial charge in [0.25, 0.3) is 0 Å². The lowest BCUT2D eigenvalue weighted by atomic mass is 10.1. The van der Waals surface area contributed by atoms with Gasteiger partial charge in [-0.3, -0.25) is 0 Å². The van der Waals surface area contributed by atoms with Crippen molar-refractivity contribution >= 4 is 0 Å². The zero-order valence-corrected chi connectivity index (χ0v) is 8.92. The first-order valence-electron chi connectivity index (χ1n) is 4.87. The van der Waals surface area contributed by atoms with Crippen LogP contribution in [0.3, 0.4) is 0 Å². The lowest BCUT2D eigenvalue weighted by Gasteiger charge is -2.07. The van der Waals surface area contributed by atoms with Gasteiger partial charge in [-0.2, -0.15) is 5.10 Å². The van der Waals surface area contributed by atoms with E-state index in [9.17, 15) is 0 Å². The van der Waals surface area contributed by atoms with E-state index in [2.05, 4.69) is 15.2 Å². The number of hydrogen-bond donors (Lipinski definition) is 1. The van der Waals surface area contributed by atoms with Gasteiger partial charge >= 0.3 is 0 Å². The molecule has 0 aliphatic heterocycles. The molecule has 0 amide bonds. The van der Waals surface area contributed by atoms with Crippen LogP contribution in [-0.2, 0) is 6.54 Å². The van der Waals surface area contributed by atoms with Crippen molar-refractivity contribution in [1.29, 1.82) is 0 Å². The van der Waals surface area contributed by atoms with Crippen LogP contribution in [0.15, 0.2) is 30.5 Å². The van der Waals surface area contributed by atoms with Crippen molar-refractivity contribution in [2.24, 2.45) is 5.73 Å². The molecule has 0 aliphatic rings. The first-order valence-corrected chi connectivity index (χ1v) is 4.87. The van der Waals surface area contributed by atoms with Crippen LogP contribution in [0.1, 0.15) is 5.82 Å². The molecule has 16 heavy (non-hydrogen) atoms. The van der Waals surface area contributed by atoms with Gasteiger partial charge in [0.05, 0.1) is 25.5 Å². The van der Waals surface area contributed by atoms with E-state index >= 15 is 0 Å². The molecule has 0 spiro atoms. The summed E-state index contributed by atoms with van der Waals surface area (Å²) >= 11 is 0. The fraction of sp³-hybridized carbons (Fsp3) is 0.182. The summed E-state index contributed by atoms with van der Waals surface area (Å²) in [6.07, 6.45) is 1.59. The lowest BCUT2D eigenvalue weighted by molar-refractivity contribution is 0.416. The SMILES string of the molecule is COc1ccccc1-c1cnnc(CN)n1. The van der Waals surface area contributed by atoms with E-state index in [1.807, 2.05) is 24.3 Å². The zero-order chi connectivity index (χ0) is 11.4. The topological polar surface area (TPSA) is 73.9 Å². The van der Waals surface area contributed by atoms with Crippen LogP contribution in [-0.4, -0.2) is 22.3 Å². The number of ether oxygens (including phenoxy) is 1. The zero-order valence-electron chi connectivity index (χ0n) is 8.92. The Balaban J connectivity index is 2.49. The van der Waals surface area contributed by atoms with E-state index in [-0.39, 0.29) is 6.54 Å². The van der Waals surface area contributed by atoms with Gasteiger partial charge in [-0.25, -0.2) is 4.98 Å². The number of rotatable bonds is 3. The average molecular weight is 216 g/mol. The Morgan fingerprint density at radius 3 is 2.88 bits per heavy atom. The van der Waals surface area contributed by atoms with Crippen LogP contribution >= 0.6 is 0 Å². The van der Waals surface area contributed by atoms with Gasteiger partial charge < -0.3 is 10.5 Å². The molecule has 2 N–H and O–H groups in total. The van der Waals surface area contributed by atoms with Crippen molar-refractivity contribution in [3.63, 3.8) is 0 Å². The van der Waals surface area contributed by atoms with Crippen LogP contribution in [0.4, 0.5) is 0 Å². The first-order chi connectivity index (χ1) is 7.85. The maximum absolute atomic E-state index is 5.47. The van der Waals surface area contributed by atoms with E-state index in [0.29, 0.717) is 11.5 Å². The van der Waals surface area contributed by atoms with Crippen LogP contribution in [0.25, 0.3) is 11.3 Å². The molecule has 0 fully saturated rings. The van der Waals surface area contributed by atoms with Crippen molar-refractivity contribution in [1.82, 2.24) is 15.2 Å². The highest BCUT2D eigenvalue weighted by Gasteiger charge is 2.07. The van der Waals surface area contributed by atoms with Gasteiger partial charge in [-0.1, -0.05) is 12.1 Å². The quantitative estimate of drug-likeness (QED) is 0.828.